The van der Waals surface area contributed by atoms with Crippen LogP contribution in [0.3, 0.4) is 0 Å². The summed E-state index contributed by atoms with van der Waals surface area (Å²) in [5, 5.41) is 0. The molecule has 0 aromatic heterocycles. The summed E-state index contributed by atoms with van der Waals surface area (Å²) in [5.74, 6) is 2.13. The fourth-order valence-corrected chi connectivity index (χ4v) is 5.14. The molecular weight excluding hydrogens is 326 g/mol. The lowest BCUT2D eigenvalue weighted by Crippen LogP contribution is -2.32. The Balaban J connectivity index is 1.38. The number of fused-ring (bicyclic) bond motifs is 5. The Morgan fingerprint density at radius 1 is 0.885 bits per heavy atom. The summed E-state index contributed by atoms with van der Waals surface area (Å²) < 4.78 is 5.86. The molecule has 1 heterocycles. The van der Waals surface area contributed by atoms with Crippen LogP contribution in [0, 0.1) is 30.6 Å². The van der Waals surface area contributed by atoms with Crippen molar-refractivity contribution in [2.75, 3.05) is 4.90 Å². The molecule has 1 saturated heterocycles. The highest BCUT2D eigenvalue weighted by Gasteiger charge is 2.61. The molecule has 0 N–H and O–H groups in total. The molecule has 2 aliphatic carbocycles. The highest BCUT2D eigenvalue weighted by molar-refractivity contribution is 6.22. The SMILES string of the molecule is Cc1cccc(Oc2ccc(N3C(=O)C4C5CCC(C5)C4C3=O)cc2)c1. The van der Waals surface area contributed by atoms with Crippen LogP contribution in [0.1, 0.15) is 24.8 Å². The second-order valence-corrected chi connectivity index (χ2v) is 7.81. The number of carbonyl (C=O) groups excluding carboxylic acids is 2. The largest absolute Gasteiger partial charge is 0.457 e. The number of aryl methyl sites for hydroxylation is 1. The maximum atomic E-state index is 12.9. The van der Waals surface area contributed by atoms with Gasteiger partial charge in [-0.05, 0) is 80.0 Å². The van der Waals surface area contributed by atoms with Gasteiger partial charge in [-0.1, -0.05) is 12.1 Å². The van der Waals surface area contributed by atoms with Crippen LogP contribution in [0.25, 0.3) is 0 Å². The van der Waals surface area contributed by atoms with Crippen molar-refractivity contribution < 1.29 is 14.3 Å². The molecule has 3 aliphatic rings. The van der Waals surface area contributed by atoms with E-state index in [0.717, 1.165) is 30.6 Å². The van der Waals surface area contributed by atoms with Gasteiger partial charge in [0.25, 0.3) is 0 Å². The van der Waals surface area contributed by atoms with E-state index in [1.54, 1.807) is 0 Å². The first kappa shape index (κ1) is 15.6. The van der Waals surface area contributed by atoms with Crippen molar-refractivity contribution in [1.82, 2.24) is 0 Å². The summed E-state index contributed by atoms with van der Waals surface area (Å²) >= 11 is 0. The van der Waals surface area contributed by atoms with E-state index in [1.807, 2.05) is 55.5 Å². The van der Waals surface area contributed by atoms with E-state index in [9.17, 15) is 9.59 Å². The van der Waals surface area contributed by atoms with Crippen molar-refractivity contribution in [1.29, 1.82) is 0 Å². The third kappa shape index (κ3) is 2.28. The van der Waals surface area contributed by atoms with Gasteiger partial charge < -0.3 is 4.74 Å². The minimum absolute atomic E-state index is 0.000414. The fourth-order valence-electron chi connectivity index (χ4n) is 5.14. The van der Waals surface area contributed by atoms with E-state index in [2.05, 4.69) is 0 Å². The molecule has 0 radical (unpaired) electrons. The monoisotopic (exact) mass is 347 g/mol. The number of ether oxygens (including phenoxy) is 1. The Morgan fingerprint density at radius 2 is 1.54 bits per heavy atom. The quantitative estimate of drug-likeness (QED) is 0.777. The number of anilines is 1. The first-order valence-corrected chi connectivity index (χ1v) is 9.34. The molecule has 0 spiro atoms. The van der Waals surface area contributed by atoms with Crippen LogP contribution in [0.5, 0.6) is 11.5 Å². The number of amides is 2. The van der Waals surface area contributed by atoms with Gasteiger partial charge in [0, 0.05) is 0 Å². The lowest BCUT2D eigenvalue weighted by molar-refractivity contribution is -0.123. The number of rotatable bonds is 3. The average Bonchev–Trinajstić information content (AvgIpc) is 3.30. The number of nitrogens with zero attached hydrogens (tertiary/aromatic N) is 1. The second-order valence-electron chi connectivity index (χ2n) is 7.81. The minimum atomic E-state index is -0.0792. The molecule has 4 heteroatoms. The zero-order valence-electron chi connectivity index (χ0n) is 14.7. The molecule has 2 aromatic rings. The number of imide groups is 1. The van der Waals surface area contributed by atoms with Crippen molar-refractivity contribution >= 4 is 17.5 Å². The molecule has 2 bridgehead atoms. The number of hydrogen-bond donors (Lipinski definition) is 0. The maximum Gasteiger partial charge on any atom is 0.237 e. The Bertz CT molecular complexity index is 861. The number of benzene rings is 2. The van der Waals surface area contributed by atoms with Crippen LogP contribution in [0.2, 0.25) is 0 Å². The summed E-state index contributed by atoms with van der Waals surface area (Å²) in [4.78, 5) is 27.2. The van der Waals surface area contributed by atoms with E-state index in [0.29, 0.717) is 23.3 Å². The van der Waals surface area contributed by atoms with Crippen molar-refractivity contribution in [3.8, 4) is 11.5 Å². The second kappa shape index (κ2) is 5.70. The standard InChI is InChI=1S/C22H21NO3/c1-13-3-2-4-18(11-13)26-17-9-7-16(8-10-17)23-21(24)19-14-5-6-15(12-14)20(19)22(23)25/h2-4,7-11,14-15,19-20H,5-6,12H2,1H3. The van der Waals surface area contributed by atoms with Gasteiger partial charge in [0.1, 0.15) is 11.5 Å². The highest BCUT2D eigenvalue weighted by atomic mass is 16.5. The van der Waals surface area contributed by atoms with E-state index in [1.165, 1.54) is 4.90 Å². The molecule has 132 valence electrons. The Kier molecular flexibility index (Phi) is 3.42. The molecule has 1 aliphatic heterocycles. The summed E-state index contributed by atoms with van der Waals surface area (Å²) in [5.41, 5.74) is 1.79. The topological polar surface area (TPSA) is 46.6 Å². The van der Waals surface area contributed by atoms with Gasteiger partial charge in [-0.15, -0.1) is 0 Å². The van der Waals surface area contributed by atoms with Gasteiger partial charge in [0.2, 0.25) is 11.8 Å². The minimum Gasteiger partial charge on any atom is -0.457 e. The normalized spacial score (nSPS) is 29.3. The van der Waals surface area contributed by atoms with Crippen molar-refractivity contribution in [3.05, 3.63) is 54.1 Å². The van der Waals surface area contributed by atoms with E-state index in [-0.39, 0.29) is 23.7 Å². The van der Waals surface area contributed by atoms with Crippen LogP contribution >= 0.6 is 0 Å². The summed E-state index contributed by atoms with van der Waals surface area (Å²) in [6, 6.07) is 15.1. The zero-order valence-corrected chi connectivity index (χ0v) is 14.7. The molecule has 4 nitrogen and oxygen atoms in total. The summed E-state index contributed by atoms with van der Waals surface area (Å²) in [7, 11) is 0. The van der Waals surface area contributed by atoms with E-state index < -0.39 is 0 Å². The number of carbonyl (C=O) groups is 2. The first-order chi connectivity index (χ1) is 12.6. The van der Waals surface area contributed by atoms with Crippen molar-refractivity contribution in [2.45, 2.75) is 26.2 Å². The third-order valence-corrected chi connectivity index (χ3v) is 6.25. The highest BCUT2D eigenvalue weighted by Crippen LogP contribution is 2.56. The Labute approximate surface area is 152 Å². The number of hydrogen-bond acceptors (Lipinski definition) is 3. The fraction of sp³-hybridized carbons (Fsp3) is 0.364. The molecule has 4 atom stereocenters. The summed E-state index contributed by atoms with van der Waals surface area (Å²) in [6.07, 6.45) is 3.26. The predicted octanol–water partition coefficient (Wildman–Crippen LogP) is 4.32. The molecule has 2 amide bonds. The first-order valence-electron chi connectivity index (χ1n) is 9.34. The van der Waals surface area contributed by atoms with Gasteiger partial charge in [0.05, 0.1) is 17.5 Å². The molecule has 3 fully saturated rings. The summed E-state index contributed by atoms with van der Waals surface area (Å²) in [6.45, 7) is 2.02. The third-order valence-electron chi connectivity index (χ3n) is 6.25. The van der Waals surface area contributed by atoms with Crippen molar-refractivity contribution in [2.24, 2.45) is 23.7 Å². The molecule has 2 saturated carbocycles. The van der Waals surface area contributed by atoms with Gasteiger partial charge >= 0.3 is 0 Å². The van der Waals surface area contributed by atoms with E-state index >= 15 is 0 Å². The smallest absolute Gasteiger partial charge is 0.237 e. The van der Waals surface area contributed by atoms with Crippen LogP contribution in [-0.4, -0.2) is 11.8 Å². The van der Waals surface area contributed by atoms with Gasteiger partial charge in [0.15, 0.2) is 0 Å². The molecule has 26 heavy (non-hydrogen) atoms. The maximum absolute atomic E-state index is 12.9. The van der Waals surface area contributed by atoms with Crippen molar-refractivity contribution in [3.63, 3.8) is 0 Å². The van der Waals surface area contributed by atoms with E-state index in [4.69, 9.17) is 4.74 Å². The van der Waals surface area contributed by atoms with Crippen LogP contribution in [0.15, 0.2) is 48.5 Å². The molecular formula is C22H21NO3. The predicted molar refractivity (Wildman–Crippen MR) is 98.0 cm³/mol. The van der Waals surface area contributed by atoms with Crippen LogP contribution in [0.4, 0.5) is 5.69 Å². The van der Waals surface area contributed by atoms with Crippen LogP contribution < -0.4 is 9.64 Å². The Hall–Kier alpha value is -2.62. The van der Waals surface area contributed by atoms with Gasteiger partial charge in [-0.2, -0.15) is 0 Å². The van der Waals surface area contributed by atoms with Gasteiger partial charge in [-0.3, -0.25) is 14.5 Å². The molecule has 5 rings (SSSR count). The van der Waals surface area contributed by atoms with Crippen LogP contribution in [-0.2, 0) is 9.59 Å². The lowest BCUT2D eigenvalue weighted by atomic mass is 9.81. The Morgan fingerprint density at radius 3 is 2.15 bits per heavy atom. The lowest BCUT2D eigenvalue weighted by Gasteiger charge is -2.19. The van der Waals surface area contributed by atoms with Gasteiger partial charge in [-0.25, -0.2) is 0 Å². The average molecular weight is 347 g/mol. The zero-order chi connectivity index (χ0) is 17.8. The molecule has 2 aromatic carbocycles. The molecule has 4 unspecified atom stereocenters.